The third kappa shape index (κ3) is 2.18. The van der Waals surface area contributed by atoms with Crippen molar-refractivity contribution in [3.05, 3.63) is 28.8 Å². The Balaban J connectivity index is 2.25. The van der Waals surface area contributed by atoms with Crippen LogP contribution in [0.4, 0.5) is 0 Å². The summed E-state index contributed by atoms with van der Waals surface area (Å²) in [5.41, 5.74) is 8.05. The van der Waals surface area contributed by atoms with Gasteiger partial charge in [-0.05, 0) is 17.4 Å². The molecular weight excluding hydrogens is 218 g/mol. The molecule has 2 heterocycles. The summed E-state index contributed by atoms with van der Waals surface area (Å²) in [5.74, 6) is 1.82. The minimum atomic E-state index is 0.312. The zero-order chi connectivity index (χ0) is 11.5. The van der Waals surface area contributed by atoms with Gasteiger partial charge < -0.3 is 10.7 Å². The van der Waals surface area contributed by atoms with Crippen molar-refractivity contribution < 1.29 is 0 Å². The third-order valence-electron chi connectivity index (χ3n) is 2.84. The van der Waals surface area contributed by atoms with E-state index in [1.165, 1.54) is 5.56 Å². The molecule has 86 valence electrons. The molecule has 2 aromatic heterocycles. The molecule has 0 aromatic carbocycles. The van der Waals surface area contributed by atoms with Gasteiger partial charge in [0.1, 0.15) is 5.82 Å². The summed E-state index contributed by atoms with van der Waals surface area (Å²) in [4.78, 5) is 7.80. The number of hydrogen-bond donors (Lipinski definition) is 2. The van der Waals surface area contributed by atoms with Crippen LogP contribution in [-0.2, 0) is 0 Å². The highest BCUT2D eigenvalue weighted by molar-refractivity contribution is 7.08. The highest BCUT2D eigenvalue weighted by atomic mass is 32.1. The van der Waals surface area contributed by atoms with E-state index in [-0.39, 0.29) is 0 Å². The van der Waals surface area contributed by atoms with E-state index in [2.05, 4.69) is 40.6 Å². The van der Waals surface area contributed by atoms with E-state index in [0.717, 1.165) is 11.5 Å². The first kappa shape index (κ1) is 11.4. The Morgan fingerprint density at radius 2 is 2.31 bits per heavy atom. The van der Waals surface area contributed by atoms with Gasteiger partial charge in [0.05, 0.1) is 11.9 Å². The van der Waals surface area contributed by atoms with Crippen LogP contribution in [0.25, 0.3) is 11.3 Å². The second-order valence-corrected chi connectivity index (χ2v) is 5.06. The normalized spacial score (nSPS) is 13.2. The molecule has 1 atom stereocenters. The Labute approximate surface area is 99.7 Å². The molecule has 0 spiro atoms. The number of H-pyrrole nitrogens is 1. The Bertz CT molecular complexity index is 431. The summed E-state index contributed by atoms with van der Waals surface area (Å²) < 4.78 is 0. The van der Waals surface area contributed by atoms with Crippen molar-refractivity contribution >= 4 is 11.3 Å². The average Bonchev–Trinajstić information content (AvgIpc) is 2.86. The lowest BCUT2D eigenvalue weighted by Crippen LogP contribution is -2.19. The highest BCUT2D eigenvalue weighted by Crippen LogP contribution is 2.25. The number of aromatic nitrogens is 2. The van der Waals surface area contributed by atoms with Gasteiger partial charge in [-0.15, -0.1) is 0 Å². The molecule has 0 aliphatic heterocycles. The molecule has 3 N–H and O–H groups in total. The Kier molecular flexibility index (Phi) is 3.41. The molecule has 0 aliphatic carbocycles. The molecule has 16 heavy (non-hydrogen) atoms. The van der Waals surface area contributed by atoms with Crippen molar-refractivity contribution in [3.63, 3.8) is 0 Å². The number of aromatic amines is 1. The van der Waals surface area contributed by atoms with Crippen molar-refractivity contribution in [2.75, 3.05) is 6.54 Å². The van der Waals surface area contributed by atoms with E-state index in [9.17, 15) is 0 Å². The van der Waals surface area contributed by atoms with Crippen LogP contribution in [0.1, 0.15) is 25.6 Å². The summed E-state index contributed by atoms with van der Waals surface area (Å²) in [7, 11) is 0. The van der Waals surface area contributed by atoms with Gasteiger partial charge in [0.15, 0.2) is 0 Å². The zero-order valence-electron chi connectivity index (χ0n) is 9.60. The maximum atomic E-state index is 5.78. The molecule has 0 aliphatic rings. The first-order valence-corrected chi connectivity index (χ1v) is 6.44. The van der Waals surface area contributed by atoms with Crippen molar-refractivity contribution in [1.82, 2.24) is 9.97 Å². The molecule has 0 saturated carbocycles. The third-order valence-corrected chi connectivity index (χ3v) is 3.52. The quantitative estimate of drug-likeness (QED) is 0.856. The van der Waals surface area contributed by atoms with Crippen LogP contribution >= 0.6 is 11.3 Å². The second kappa shape index (κ2) is 4.80. The predicted molar refractivity (Wildman–Crippen MR) is 68.5 cm³/mol. The maximum absolute atomic E-state index is 5.78. The van der Waals surface area contributed by atoms with Crippen LogP contribution in [-0.4, -0.2) is 16.5 Å². The van der Waals surface area contributed by atoms with Gasteiger partial charge in [0, 0.05) is 23.4 Å². The lowest BCUT2D eigenvalue weighted by molar-refractivity contribution is 0.487. The van der Waals surface area contributed by atoms with Crippen molar-refractivity contribution in [2.45, 2.75) is 19.8 Å². The molecule has 4 heteroatoms. The Morgan fingerprint density at radius 1 is 1.50 bits per heavy atom. The van der Waals surface area contributed by atoms with Gasteiger partial charge >= 0.3 is 0 Å². The summed E-state index contributed by atoms with van der Waals surface area (Å²) in [6.07, 6.45) is 1.89. The molecule has 1 unspecified atom stereocenters. The summed E-state index contributed by atoms with van der Waals surface area (Å²) in [6, 6.07) is 2.09. The van der Waals surface area contributed by atoms with E-state index in [0.29, 0.717) is 18.4 Å². The van der Waals surface area contributed by atoms with Gasteiger partial charge in [-0.2, -0.15) is 11.3 Å². The fraction of sp³-hybridized carbons (Fsp3) is 0.417. The van der Waals surface area contributed by atoms with Gasteiger partial charge in [-0.3, -0.25) is 0 Å². The number of rotatable bonds is 4. The molecule has 2 aromatic rings. The number of hydrogen-bond acceptors (Lipinski definition) is 3. The SMILES string of the molecule is CC(C)C(CN)c1ncc(-c2ccsc2)[nH]1. The highest BCUT2D eigenvalue weighted by Gasteiger charge is 2.17. The van der Waals surface area contributed by atoms with E-state index < -0.39 is 0 Å². The average molecular weight is 235 g/mol. The number of thiophene rings is 1. The molecule has 0 amide bonds. The molecule has 0 bridgehead atoms. The predicted octanol–water partition coefficient (Wildman–Crippen LogP) is 2.84. The molecule has 3 nitrogen and oxygen atoms in total. The lowest BCUT2D eigenvalue weighted by Gasteiger charge is -2.15. The first-order valence-electron chi connectivity index (χ1n) is 5.50. The maximum Gasteiger partial charge on any atom is 0.111 e. The van der Waals surface area contributed by atoms with E-state index in [1.807, 2.05) is 6.20 Å². The number of nitrogens with two attached hydrogens (primary N) is 1. The summed E-state index contributed by atoms with van der Waals surface area (Å²) >= 11 is 1.69. The van der Waals surface area contributed by atoms with E-state index >= 15 is 0 Å². The van der Waals surface area contributed by atoms with Crippen molar-refractivity contribution in [3.8, 4) is 11.3 Å². The minimum absolute atomic E-state index is 0.312. The van der Waals surface area contributed by atoms with Crippen LogP contribution in [0.15, 0.2) is 23.0 Å². The zero-order valence-corrected chi connectivity index (χ0v) is 10.4. The van der Waals surface area contributed by atoms with Crippen molar-refractivity contribution in [1.29, 1.82) is 0 Å². The van der Waals surface area contributed by atoms with E-state index in [4.69, 9.17) is 5.73 Å². The van der Waals surface area contributed by atoms with Crippen molar-refractivity contribution in [2.24, 2.45) is 11.7 Å². The molecule has 2 rings (SSSR count). The monoisotopic (exact) mass is 235 g/mol. The van der Waals surface area contributed by atoms with Crippen LogP contribution < -0.4 is 5.73 Å². The lowest BCUT2D eigenvalue weighted by atomic mass is 9.95. The number of imidazole rings is 1. The molecule has 0 radical (unpaired) electrons. The fourth-order valence-corrected chi connectivity index (χ4v) is 2.44. The minimum Gasteiger partial charge on any atom is -0.342 e. The number of nitrogens with one attached hydrogen (secondary N) is 1. The van der Waals surface area contributed by atoms with Gasteiger partial charge in [0.2, 0.25) is 0 Å². The Morgan fingerprint density at radius 3 is 2.88 bits per heavy atom. The summed E-state index contributed by atoms with van der Waals surface area (Å²) in [6.45, 7) is 4.98. The molecular formula is C12H17N3S. The van der Waals surface area contributed by atoms with Gasteiger partial charge in [-0.25, -0.2) is 4.98 Å². The molecule has 0 fully saturated rings. The van der Waals surface area contributed by atoms with Crippen LogP contribution in [0.2, 0.25) is 0 Å². The standard InChI is InChI=1S/C12H17N3S/c1-8(2)10(5-13)12-14-6-11(15-12)9-3-4-16-7-9/h3-4,6-8,10H,5,13H2,1-2H3,(H,14,15). The van der Waals surface area contributed by atoms with Crippen LogP contribution in [0.3, 0.4) is 0 Å². The van der Waals surface area contributed by atoms with Crippen LogP contribution in [0.5, 0.6) is 0 Å². The summed E-state index contributed by atoms with van der Waals surface area (Å²) in [5, 5.41) is 4.18. The topological polar surface area (TPSA) is 54.7 Å². The number of nitrogens with zero attached hydrogens (tertiary/aromatic N) is 1. The Hall–Kier alpha value is -1.13. The second-order valence-electron chi connectivity index (χ2n) is 4.28. The first-order chi connectivity index (χ1) is 7.72. The van der Waals surface area contributed by atoms with Crippen LogP contribution in [0, 0.1) is 5.92 Å². The van der Waals surface area contributed by atoms with Gasteiger partial charge in [-0.1, -0.05) is 13.8 Å². The van der Waals surface area contributed by atoms with E-state index in [1.54, 1.807) is 11.3 Å². The fourth-order valence-electron chi connectivity index (χ4n) is 1.79. The smallest absolute Gasteiger partial charge is 0.111 e. The molecule has 0 saturated heterocycles. The van der Waals surface area contributed by atoms with Gasteiger partial charge in [0.25, 0.3) is 0 Å². The largest absolute Gasteiger partial charge is 0.342 e.